The largest absolute Gasteiger partial charge is 0.490 e. The van der Waals surface area contributed by atoms with E-state index in [0.717, 1.165) is 0 Å². The number of hydrogen-bond donors (Lipinski definition) is 1. The molecule has 0 aliphatic carbocycles. The van der Waals surface area contributed by atoms with Crippen molar-refractivity contribution < 1.29 is 33.7 Å². The Hall–Kier alpha value is -2.81. The molecule has 148 valence electrons. The second-order valence-electron chi connectivity index (χ2n) is 5.93. The number of carbonyl (C=O) groups is 3. The number of carboxylic acids is 1. The van der Waals surface area contributed by atoms with Crippen molar-refractivity contribution in [2.45, 2.75) is 6.92 Å². The van der Waals surface area contributed by atoms with E-state index in [1.54, 1.807) is 18.9 Å². The van der Waals surface area contributed by atoms with Crippen LogP contribution in [0.4, 0.5) is 0 Å². The number of benzene rings is 1. The van der Waals surface area contributed by atoms with Crippen molar-refractivity contribution in [1.29, 1.82) is 0 Å². The first-order valence-corrected chi connectivity index (χ1v) is 8.64. The van der Waals surface area contributed by atoms with Gasteiger partial charge in [0.25, 0.3) is 5.91 Å². The van der Waals surface area contributed by atoms with Gasteiger partial charge in [-0.15, -0.1) is 0 Å². The van der Waals surface area contributed by atoms with E-state index in [0.29, 0.717) is 38.5 Å². The van der Waals surface area contributed by atoms with Crippen molar-refractivity contribution in [3.8, 4) is 11.5 Å². The first kappa shape index (κ1) is 20.5. The predicted octanol–water partition coefficient (Wildman–Crippen LogP) is 0.480. The monoisotopic (exact) mass is 380 g/mol. The summed E-state index contributed by atoms with van der Waals surface area (Å²) in [6.07, 6.45) is 0. The molecular formula is C18H24N2O7. The minimum absolute atomic E-state index is 0.0416. The van der Waals surface area contributed by atoms with Crippen LogP contribution in [0, 0.1) is 0 Å². The zero-order chi connectivity index (χ0) is 19.8. The number of carboxylic acid groups (broad SMARTS) is 1. The van der Waals surface area contributed by atoms with Gasteiger partial charge in [0.15, 0.2) is 18.1 Å². The first-order chi connectivity index (χ1) is 12.9. The molecule has 0 bridgehead atoms. The maximum Gasteiger partial charge on any atom is 0.341 e. The predicted molar refractivity (Wildman–Crippen MR) is 95.1 cm³/mol. The van der Waals surface area contributed by atoms with Crippen LogP contribution in [0.25, 0.3) is 0 Å². The van der Waals surface area contributed by atoms with Crippen LogP contribution in [0.5, 0.6) is 11.5 Å². The van der Waals surface area contributed by atoms with Crippen molar-refractivity contribution in [3.05, 3.63) is 23.8 Å². The fourth-order valence-corrected chi connectivity index (χ4v) is 2.58. The summed E-state index contributed by atoms with van der Waals surface area (Å²) < 4.78 is 15.8. The third-order valence-electron chi connectivity index (χ3n) is 3.92. The molecule has 1 heterocycles. The lowest BCUT2D eigenvalue weighted by Gasteiger charge is -2.28. The van der Waals surface area contributed by atoms with Crippen molar-refractivity contribution in [2.75, 3.05) is 53.1 Å². The van der Waals surface area contributed by atoms with Crippen LogP contribution in [0.2, 0.25) is 0 Å². The lowest BCUT2D eigenvalue weighted by Crippen LogP contribution is -2.46. The second-order valence-corrected chi connectivity index (χ2v) is 5.93. The van der Waals surface area contributed by atoms with E-state index in [1.165, 1.54) is 23.1 Å². The Bertz CT molecular complexity index is 686. The molecule has 1 fully saturated rings. The number of likely N-dealkylation sites (N-methyl/N-ethyl adjacent to an activating group) is 1. The fraction of sp³-hybridized carbons (Fsp3) is 0.500. The standard InChI is InChI=1S/C18H24N2O7/c1-3-26-15-10-13(4-5-14(15)27-12-17(22)23)18(24)19(2)11-16(21)20-6-8-25-9-7-20/h4-5,10H,3,6-9,11-12H2,1-2H3,(H,22,23). The molecule has 2 amide bonds. The van der Waals surface area contributed by atoms with Gasteiger partial charge in [0, 0.05) is 25.7 Å². The lowest BCUT2D eigenvalue weighted by atomic mass is 10.1. The Morgan fingerprint density at radius 3 is 2.52 bits per heavy atom. The van der Waals surface area contributed by atoms with Crippen molar-refractivity contribution in [1.82, 2.24) is 9.80 Å². The van der Waals surface area contributed by atoms with Gasteiger partial charge in [-0.25, -0.2) is 4.79 Å². The molecule has 1 aliphatic rings. The number of aliphatic carboxylic acids is 1. The van der Waals surface area contributed by atoms with Gasteiger partial charge in [-0.3, -0.25) is 9.59 Å². The lowest BCUT2D eigenvalue weighted by molar-refractivity contribution is -0.139. The molecule has 0 radical (unpaired) electrons. The molecule has 2 rings (SSSR count). The summed E-state index contributed by atoms with van der Waals surface area (Å²) >= 11 is 0. The molecule has 0 atom stereocenters. The SMILES string of the molecule is CCOc1cc(C(=O)N(C)CC(=O)N2CCOCC2)ccc1OCC(=O)O. The van der Waals surface area contributed by atoms with Crippen LogP contribution < -0.4 is 9.47 Å². The molecule has 0 spiro atoms. The minimum atomic E-state index is -1.11. The number of rotatable bonds is 8. The highest BCUT2D eigenvalue weighted by Crippen LogP contribution is 2.29. The van der Waals surface area contributed by atoms with Crippen LogP contribution in [0.15, 0.2) is 18.2 Å². The first-order valence-electron chi connectivity index (χ1n) is 8.64. The molecule has 0 saturated carbocycles. The van der Waals surface area contributed by atoms with Crippen LogP contribution in [0.1, 0.15) is 17.3 Å². The number of hydrogen-bond acceptors (Lipinski definition) is 6. The smallest absolute Gasteiger partial charge is 0.341 e. The molecule has 1 aliphatic heterocycles. The summed E-state index contributed by atoms with van der Waals surface area (Å²) in [7, 11) is 1.55. The molecular weight excluding hydrogens is 356 g/mol. The van der Waals surface area contributed by atoms with Crippen LogP contribution in [-0.2, 0) is 14.3 Å². The van der Waals surface area contributed by atoms with Gasteiger partial charge in [-0.1, -0.05) is 0 Å². The quantitative estimate of drug-likeness (QED) is 0.699. The molecule has 1 aromatic carbocycles. The van der Waals surface area contributed by atoms with Gasteiger partial charge in [-0.2, -0.15) is 0 Å². The topological polar surface area (TPSA) is 106 Å². The summed E-state index contributed by atoms with van der Waals surface area (Å²) in [5, 5.41) is 8.73. The summed E-state index contributed by atoms with van der Waals surface area (Å²) in [5.74, 6) is -1.08. The number of amides is 2. The number of ether oxygens (including phenoxy) is 3. The average molecular weight is 380 g/mol. The normalized spacial score (nSPS) is 13.8. The zero-order valence-electron chi connectivity index (χ0n) is 15.5. The number of morpholine rings is 1. The van der Waals surface area contributed by atoms with Gasteiger partial charge < -0.3 is 29.1 Å². The molecule has 1 N–H and O–H groups in total. The second kappa shape index (κ2) is 9.77. The Morgan fingerprint density at radius 2 is 1.89 bits per heavy atom. The van der Waals surface area contributed by atoms with E-state index < -0.39 is 12.6 Å². The van der Waals surface area contributed by atoms with Gasteiger partial charge >= 0.3 is 5.97 Å². The Balaban J connectivity index is 2.06. The minimum Gasteiger partial charge on any atom is -0.490 e. The van der Waals surface area contributed by atoms with E-state index in [4.69, 9.17) is 19.3 Å². The highest BCUT2D eigenvalue weighted by molar-refractivity contribution is 5.97. The fourth-order valence-electron chi connectivity index (χ4n) is 2.58. The van der Waals surface area contributed by atoms with Crippen molar-refractivity contribution >= 4 is 17.8 Å². The Labute approximate surface area is 157 Å². The van der Waals surface area contributed by atoms with E-state index in [2.05, 4.69) is 0 Å². The van der Waals surface area contributed by atoms with Crippen LogP contribution in [0.3, 0.4) is 0 Å². The number of carbonyl (C=O) groups excluding carboxylic acids is 2. The van der Waals surface area contributed by atoms with Crippen molar-refractivity contribution in [2.24, 2.45) is 0 Å². The summed E-state index contributed by atoms with van der Waals surface area (Å²) in [5.41, 5.74) is 0.318. The van der Waals surface area contributed by atoms with Crippen LogP contribution in [-0.4, -0.2) is 85.8 Å². The third-order valence-corrected chi connectivity index (χ3v) is 3.92. The molecule has 1 saturated heterocycles. The molecule has 0 aromatic heterocycles. The van der Waals surface area contributed by atoms with Crippen LogP contribution >= 0.6 is 0 Å². The summed E-state index contributed by atoms with van der Waals surface area (Å²) in [6, 6.07) is 4.48. The molecule has 27 heavy (non-hydrogen) atoms. The van der Waals surface area contributed by atoms with Crippen molar-refractivity contribution in [3.63, 3.8) is 0 Å². The van der Waals surface area contributed by atoms with Gasteiger partial charge in [-0.05, 0) is 25.1 Å². The molecule has 9 heteroatoms. The number of nitrogens with zero attached hydrogens (tertiary/aromatic N) is 2. The van der Waals surface area contributed by atoms with Gasteiger partial charge in [0.2, 0.25) is 5.91 Å². The zero-order valence-corrected chi connectivity index (χ0v) is 15.5. The average Bonchev–Trinajstić information content (AvgIpc) is 2.67. The van der Waals surface area contributed by atoms with Gasteiger partial charge in [0.05, 0.1) is 26.4 Å². The molecule has 0 unspecified atom stereocenters. The molecule has 9 nitrogen and oxygen atoms in total. The highest BCUT2D eigenvalue weighted by Gasteiger charge is 2.22. The summed E-state index contributed by atoms with van der Waals surface area (Å²) in [4.78, 5) is 38.6. The maximum absolute atomic E-state index is 12.6. The third kappa shape index (κ3) is 5.85. The van der Waals surface area contributed by atoms with Gasteiger partial charge in [0.1, 0.15) is 0 Å². The van der Waals surface area contributed by atoms with E-state index >= 15 is 0 Å². The maximum atomic E-state index is 12.6. The van der Waals surface area contributed by atoms with E-state index in [-0.39, 0.29) is 29.9 Å². The Kier molecular flexibility index (Phi) is 7.42. The van der Waals surface area contributed by atoms with E-state index in [9.17, 15) is 14.4 Å². The Morgan fingerprint density at radius 1 is 1.19 bits per heavy atom. The summed E-state index contributed by atoms with van der Waals surface area (Å²) in [6.45, 7) is 3.57. The highest BCUT2D eigenvalue weighted by atomic mass is 16.5. The van der Waals surface area contributed by atoms with E-state index in [1.807, 2.05) is 0 Å². The molecule has 1 aromatic rings.